The average Bonchev–Trinajstić information content (AvgIpc) is 2.73. The number of rotatable bonds is 5. The highest BCUT2D eigenvalue weighted by Crippen LogP contribution is 2.30. The van der Waals surface area contributed by atoms with Crippen LogP contribution in [0, 0.1) is 5.41 Å². The molecule has 1 aliphatic heterocycles. The summed E-state index contributed by atoms with van der Waals surface area (Å²) in [6.45, 7) is 2.78. The van der Waals surface area contributed by atoms with Gasteiger partial charge in [0.1, 0.15) is 11.2 Å². The number of hydrogen-bond donors (Lipinski definition) is 1. The van der Waals surface area contributed by atoms with Gasteiger partial charge in [-0.15, -0.1) is 0 Å². The van der Waals surface area contributed by atoms with Crippen molar-refractivity contribution in [2.45, 2.75) is 19.9 Å². The van der Waals surface area contributed by atoms with E-state index in [-0.39, 0.29) is 5.78 Å². The number of Topliss-reactive ketones (excluding diaryl/α,β-unsaturated/α-hetero) is 1. The maximum Gasteiger partial charge on any atom is 0.321 e. The van der Waals surface area contributed by atoms with E-state index < -0.39 is 11.4 Å². The quantitative estimate of drug-likeness (QED) is 0.629. The number of carbonyl (C=O) groups is 2. The second-order valence-electron chi connectivity index (χ2n) is 4.61. The maximum atomic E-state index is 11.7. The van der Waals surface area contributed by atoms with Crippen LogP contribution < -0.4 is 5.32 Å². The number of benzene rings is 1. The molecule has 0 aromatic heterocycles. The van der Waals surface area contributed by atoms with Crippen LogP contribution in [0.25, 0.3) is 0 Å². The van der Waals surface area contributed by atoms with E-state index in [4.69, 9.17) is 4.74 Å². The molecule has 1 fully saturated rings. The van der Waals surface area contributed by atoms with E-state index in [0.29, 0.717) is 26.1 Å². The summed E-state index contributed by atoms with van der Waals surface area (Å²) in [5, 5.41) is 3.17. The molecule has 0 aliphatic carbocycles. The lowest BCUT2D eigenvalue weighted by Crippen LogP contribution is -2.43. The van der Waals surface area contributed by atoms with Gasteiger partial charge in [0.15, 0.2) is 0 Å². The Balaban J connectivity index is 1.95. The van der Waals surface area contributed by atoms with Crippen LogP contribution in [0.5, 0.6) is 0 Å². The number of ether oxygens (including phenoxy) is 1. The van der Waals surface area contributed by atoms with Crippen LogP contribution in [0.1, 0.15) is 18.9 Å². The highest BCUT2D eigenvalue weighted by molar-refractivity contribution is 6.04. The normalized spacial score (nSPS) is 22.8. The number of esters is 1. The Morgan fingerprint density at radius 2 is 2.11 bits per heavy atom. The van der Waals surface area contributed by atoms with Gasteiger partial charge >= 0.3 is 5.97 Å². The summed E-state index contributed by atoms with van der Waals surface area (Å²) in [6, 6.07) is 9.87. The minimum absolute atomic E-state index is 0.120. The van der Waals surface area contributed by atoms with Crippen molar-refractivity contribution < 1.29 is 14.3 Å². The minimum atomic E-state index is -0.977. The third-order valence-electron chi connectivity index (χ3n) is 3.43. The number of carbonyl (C=O) groups excluding carboxylic acids is 2. The van der Waals surface area contributed by atoms with Crippen molar-refractivity contribution >= 4 is 11.8 Å². The van der Waals surface area contributed by atoms with Crippen LogP contribution in [0.2, 0.25) is 0 Å². The molecule has 4 heteroatoms. The summed E-state index contributed by atoms with van der Waals surface area (Å²) >= 11 is 0. The fourth-order valence-corrected chi connectivity index (χ4v) is 2.18. The Morgan fingerprint density at radius 3 is 2.67 bits per heavy atom. The van der Waals surface area contributed by atoms with Gasteiger partial charge in [-0.1, -0.05) is 30.3 Å². The third-order valence-corrected chi connectivity index (χ3v) is 3.43. The van der Waals surface area contributed by atoms with Gasteiger partial charge in [0.05, 0.1) is 6.61 Å². The van der Waals surface area contributed by atoms with Gasteiger partial charge in [0, 0.05) is 19.5 Å². The molecular formula is C14H17NO3. The molecule has 1 aliphatic rings. The van der Waals surface area contributed by atoms with E-state index in [0.717, 1.165) is 5.56 Å². The molecule has 0 radical (unpaired) electrons. The minimum Gasteiger partial charge on any atom is -0.465 e. The highest BCUT2D eigenvalue weighted by atomic mass is 16.5. The Labute approximate surface area is 106 Å². The molecule has 96 valence electrons. The fourth-order valence-electron chi connectivity index (χ4n) is 2.18. The van der Waals surface area contributed by atoms with Crippen molar-refractivity contribution in [3.8, 4) is 0 Å². The second-order valence-corrected chi connectivity index (χ2v) is 4.61. The zero-order chi connectivity index (χ0) is 13.0. The second kappa shape index (κ2) is 5.31. The van der Waals surface area contributed by atoms with E-state index >= 15 is 0 Å². The predicted octanol–water partition coefficient (Wildman–Crippen LogP) is 1.30. The molecule has 4 nitrogen and oxygen atoms in total. The van der Waals surface area contributed by atoms with Gasteiger partial charge in [0.25, 0.3) is 0 Å². The van der Waals surface area contributed by atoms with Crippen molar-refractivity contribution in [1.82, 2.24) is 5.32 Å². The van der Waals surface area contributed by atoms with E-state index in [1.54, 1.807) is 0 Å². The summed E-state index contributed by atoms with van der Waals surface area (Å²) in [7, 11) is 0. The average molecular weight is 247 g/mol. The fraction of sp³-hybridized carbons (Fsp3) is 0.429. The van der Waals surface area contributed by atoms with Crippen molar-refractivity contribution in [2.24, 2.45) is 5.41 Å². The lowest BCUT2D eigenvalue weighted by atomic mass is 9.82. The summed E-state index contributed by atoms with van der Waals surface area (Å²) in [5.41, 5.74) is 0.150. The van der Waals surface area contributed by atoms with Crippen LogP contribution in [0.3, 0.4) is 0 Å². The molecule has 0 saturated carbocycles. The Morgan fingerprint density at radius 1 is 1.39 bits per heavy atom. The SMILES string of the molecule is CC(=O)C1(CNCc2ccccc2)CCOC1=O. The van der Waals surface area contributed by atoms with Gasteiger partial charge in [-0.05, 0) is 12.5 Å². The smallest absolute Gasteiger partial charge is 0.321 e. The first kappa shape index (κ1) is 12.8. The summed E-state index contributed by atoms with van der Waals surface area (Å²) in [6.07, 6.45) is 0.475. The molecule has 1 aromatic carbocycles. The lowest BCUT2D eigenvalue weighted by Gasteiger charge is -2.21. The van der Waals surface area contributed by atoms with Crippen molar-refractivity contribution in [2.75, 3.05) is 13.2 Å². The molecule has 2 rings (SSSR count). The number of ketones is 1. The number of cyclic esters (lactones) is 1. The summed E-state index contributed by atoms with van der Waals surface area (Å²) in [5.74, 6) is -0.513. The molecular weight excluding hydrogens is 230 g/mol. The highest BCUT2D eigenvalue weighted by Gasteiger charge is 2.48. The predicted molar refractivity (Wildman–Crippen MR) is 66.8 cm³/mol. The first-order chi connectivity index (χ1) is 8.65. The molecule has 18 heavy (non-hydrogen) atoms. The van der Waals surface area contributed by atoms with E-state index in [1.807, 2.05) is 30.3 Å². The molecule has 1 heterocycles. The van der Waals surface area contributed by atoms with Crippen molar-refractivity contribution in [1.29, 1.82) is 0 Å². The Hall–Kier alpha value is -1.68. The van der Waals surface area contributed by atoms with Crippen LogP contribution in [0.15, 0.2) is 30.3 Å². The molecule has 1 unspecified atom stereocenters. The molecule has 1 atom stereocenters. The monoisotopic (exact) mass is 247 g/mol. The van der Waals surface area contributed by atoms with E-state index in [9.17, 15) is 9.59 Å². The first-order valence-electron chi connectivity index (χ1n) is 6.08. The van der Waals surface area contributed by atoms with Crippen molar-refractivity contribution in [3.05, 3.63) is 35.9 Å². The van der Waals surface area contributed by atoms with E-state index in [2.05, 4.69) is 5.32 Å². The van der Waals surface area contributed by atoms with Gasteiger partial charge in [-0.3, -0.25) is 9.59 Å². The van der Waals surface area contributed by atoms with Crippen LogP contribution in [0.4, 0.5) is 0 Å². The zero-order valence-electron chi connectivity index (χ0n) is 10.4. The van der Waals surface area contributed by atoms with Gasteiger partial charge in [0.2, 0.25) is 0 Å². The van der Waals surface area contributed by atoms with E-state index in [1.165, 1.54) is 6.92 Å². The third kappa shape index (κ3) is 2.43. The van der Waals surface area contributed by atoms with Gasteiger partial charge in [-0.2, -0.15) is 0 Å². The lowest BCUT2D eigenvalue weighted by molar-refractivity contribution is -0.150. The first-order valence-corrected chi connectivity index (χ1v) is 6.08. The number of nitrogens with one attached hydrogen (secondary N) is 1. The van der Waals surface area contributed by atoms with Crippen LogP contribution in [-0.4, -0.2) is 24.9 Å². The zero-order valence-corrected chi connectivity index (χ0v) is 10.4. The van der Waals surface area contributed by atoms with Crippen LogP contribution in [-0.2, 0) is 20.9 Å². The topological polar surface area (TPSA) is 55.4 Å². The molecule has 0 amide bonds. The number of hydrogen-bond acceptors (Lipinski definition) is 4. The molecule has 0 bridgehead atoms. The largest absolute Gasteiger partial charge is 0.465 e. The molecule has 1 aromatic rings. The van der Waals surface area contributed by atoms with Crippen molar-refractivity contribution in [3.63, 3.8) is 0 Å². The maximum absolute atomic E-state index is 11.7. The van der Waals surface area contributed by atoms with Crippen LogP contribution >= 0.6 is 0 Å². The Bertz CT molecular complexity index is 444. The molecule has 1 N–H and O–H groups in total. The summed E-state index contributed by atoms with van der Waals surface area (Å²) < 4.78 is 4.93. The molecule has 1 saturated heterocycles. The van der Waals surface area contributed by atoms with Gasteiger partial charge in [-0.25, -0.2) is 0 Å². The Kier molecular flexibility index (Phi) is 3.77. The van der Waals surface area contributed by atoms with Gasteiger partial charge < -0.3 is 10.1 Å². The standard InChI is InChI=1S/C14H17NO3/c1-11(16)14(7-8-18-13(14)17)10-15-9-12-5-3-2-4-6-12/h2-6,15H,7-10H2,1H3. The molecule has 0 spiro atoms. The summed E-state index contributed by atoms with van der Waals surface area (Å²) in [4.78, 5) is 23.4.